The van der Waals surface area contributed by atoms with Gasteiger partial charge in [-0.2, -0.15) is 5.01 Å². The molecule has 0 unspecified atom stereocenters. The number of hydrogen-bond acceptors (Lipinski definition) is 4. The van der Waals surface area contributed by atoms with Crippen LogP contribution in [0.1, 0.15) is 54.3 Å². The standard InChI is InChI=1S/C26H26N2O2/c1-17(2)18-8-10-20(11-9-18)26-28-24(22-6-4-5-7-25(22)30-26)16-23(27-28)19-12-14-21(29-3)15-13-19/h4-17,24,26-27H,1-3H3/t24-,26+/m0/s1. The van der Waals surface area contributed by atoms with E-state index in [0.717, 1.165) is 28.3 Å². The zero-order valence-corrected chi connectivity index (χ0v) is 17.5. The molecule has 2 atom stereocenters. The molecule has 0 saturated carbocycles. The number of nitrogens with zero attached hydrogens (tertiary/aromatic N) is 1. The van der Waals surface area contributed by atoms with Gasteiger partial charge < -0.3 is 14.9 Å². The van der Waals surface area contributed by atoms with Crippen LogP contribution in [0.25, 0.3) is 5.70 Å². The van der Waals surface area contributed by atoms with Gasteiger partial charge in [-0.1, -0.05) is 56.3 Å². The van der Waals surface area contributed by atoms with Crippen molar-refractivity contribution in [3.63, 3.8) is 0 Å². The van der Waals surface area contributed by atoms with Gasteiger partial charge in [-0.3, -0.25) is 0 Å². The fourth-order valence-electron chi connectivity index (χ4n) is 4.14. The Hall–Kier alpha value is -3.24. The lowest BCUT2D eigenvalue weighted by Crippen LogP contribution is -2.43. The third kappa shape index (κ3) is 3.23. The van der Waals surface area contributed by atoms with Gasteiger partial charge >= 0.3 is 0 Å². The van der Waals surface area contributed by atoms with Crippen molar-refractivity contribution in [2.75, 3.05) is 7.11 Å². The topological polar surface area (TPSA) is 33.7 Å². The van der Waals surface area contributed by atoms with Gasteiger partial charge in [-0.05, 0) is 53.5 Å². The van der Waals surface area contributed by atoms with Crippen LogP contribution in [0, 0.1) is 0 Å². The van der Waals surface area contributed by atoms with Gasteiger partial charge in [0, 0.05) is 11.1 Å². The zero-order valence-electron chi connectivity index (χ0n) is 17.5. The first-order chi connectivity index (χ1) is 14.6. The molecule has 0 aromatic heterocycles. The third-order valence-corrected chi connectivity index (χ3v) is 5.89. The predicted octanol–water partition coefficient (Wildman–Crippen LogP) is 5.81. The van der Waals surface area contributed by atoms with Crippen LogP contribution in [0.4, 0.5) is 0 Å². The summed E-state index contributed by atoms with van der Waals surface area (Å²) in [4.78, 5) is 0. The number of fused-ring (bicyclic) bond motifs is 3. The molecule has 2 aliphatic rings. The van der Waals surface area contributed by atoms with Crippen molar-refractivity contribution in [1.82, 2.24) is 10.4 Å². The average Bonchev–Trinajstić information content (AvgIpc) is 3.24. The number of ether oxygens (including phenoxy) is 2. The Morgan fingerprint density at radius 2 is 1.67 bits per heavy atom. The largest absolute Gasteiger partial charge is 0.497 e. The molecular weight excluding hydrogens is 372 g/mol. The summed E-state index contributed by atoms with van der Waals surface area (Å²) < 4.78 is 11.8. The molecule has 0 fully saturated rings. The Kier molecular flexibility index (Phi) is 4.72. The van der Waals surface area contributed by atoms with Crippen LogP contribution in [0.15, 0.2) is 78.9 Å². The van der Waals surface area contributed by atoms with E-state index in [1.54, 1.807) is 7.11 Å². The molecule has 152 valence electrons. The van der Waals surface area contributed by atoms with Crippen LogP contribution in [-0.2, 0) is 0 Å². The number of nitrogens with one attached hydrogen (secondary N) is 1. The van der Waals surface area contributed by atoms with Crippen LogP contribution < -0.4 is 14.9 Å². The average molecular weight is 399 g/mol. The normalized spacial score (nSPS) is 20.1. The number of methoxy groups -OCH3 is 1. The summed E-state index contributed by atoms with van der Waals surface area (Å²) >= 11 is 0. The Labute approximate surface area is 177 Å². The first-order valence-electron chi connectivity index (χ1n) is 10.4. The van der Waals surface area contributed by atoms with Crippen molar-refractivity contribution in [3.8, 4) is 11.5 Å². The second kappa shape index (κ2) is 7.54. The summed E-state index contributed by atoms with van der Waals surface area (Å²) in [6, 6.07) is 25.3. The van der Waals surface area contributed by atoms with Gasteiger partial charge in [0.25, 0.3) is 0 Å². The van der Waals surface area contributed by atoms with Crippen molar-refractivity contribution >= 4 is 5.70 Å². The van der Waals surface area contributed by atoms with Gasteiger partial charge in [0.05, 0.1) is 18.8 Å². The molecule has 0 spiro atoms. The Morgan fingerprint density at radius 1 is 0.933 bits per heavy atom. The molecule has 30 heavy (non-hydrogen) atoms. The molecule has 3 aromatic rings. The number of hydrazine groups is 1. The van der Waals surface area contributed by atoms with E-state index >= 15 is 0 Å². The quantitative estimate of drug-likeness (QED) is 0.601. The predicted molar refractivity (Wildman–Crippen MR) is 119 cm³/mol. The maximum Gasteiger partial charge on any atom is 0.195 e. The van der Waals surface area contributed by atoms with E-state index in [1.807, 2.05) is 18.2 Å². The van der Waals surface area contributed by atoms with E-state index in [1.165, 1.54) is 11.1 Å². The molecule has 0 amide bonds. The monoisotopic (exact) mass is 398 g/mol. The number of hydrogen-bond donors (Lipinski definition) is 1. The van der Waals surface area contributed by atoms with E-state index in [2.05, 4.69) is 85.0 Å². The van der Waals surface area contributed by atoms with Crippen LogP contribution in [-0.4, -0.2) is 12.1 Å². The van der Waals surface area contributed by atoms with Gasteiger partial charge in [0.15, 0.2) is 6.23 Å². The lowest BCUT2D eigenvalue weighted by Gasteiger charge is -2.39. The third-order valence-electron chi connectivity index (χ3n) is 5.89. The molecule has 5 rings (SSSR count). The van der Waals surface area contributed by atoms with Gasteiger partial charge in [-0.25, -0.2) is 0 Å². The minimum absolute atomic E-state index is 0.0989. The fraction of sp³-hybridized carbons (Fsp3) is 0.231. The summed E-state index contributed by atoms with van der Waals surface area (Å²) in [6.45, 7) is 4.43. The first-order valence-corrected chi connectivity index (χ1v) is 10.4. The summed E-state index contributed by atoms with van der Waals surface area (Å²) in [5.41, 5.74) is 9.44. The van der Waals surface area contributed by atoms with Crippen LogP contribution in [0.3, 0.4) is 0 Å². The van der Waals surface area contributed by atoms with E-state index < -0.39 is 0 Å². The van der Waals surface area contributed by atoms with Crippen molar-refractivity contribution in [1.29, 1.82) is 0 Å². The summed E-state index contributed by atoms with van der Waals surface area (Å²) in [7, 11) is 1.69. The molecule has 0 radical (unpaired) electrons. The Bertz CT molecular complexity index is 1070. The van der Waals surface area contributed by atoms with Gasteiger partial charge in [-0.15, -0.1) is 0 Å². The Morgan fingerprint density at radius 3 is 2.37 bits per heavy atom. The number of benzene rings is 3. The molecule has 4 heteroatoms. The molecule has 1 N–H and O–H groups in total. The highest BCUT2D eigenvalue weighted by molar-refractivity contribution is 5.68. The van der Waals surface area contributed by atoms with Crippen molar-refractivity contribution in [3.05, 3.63) is 101 Å². The van der Waals surface area contributed by atoms with Crippen molar-refractivity contribution in [2.24, 2.45) is 0 Å². The van der Waals surface area contributed by atoms with E-state index in [9.17, 15) is 0 Å². The number of para-hydroxylation sites is 1. The maximum absolute atomic E-state index is 6.46. The lowest BCUT2D eigenvalue weighted by molar-refractivity contribution is -0.0326. The highest BCUT2D eigenvalue weighted by Gasteiger charge is 2.40. The molecule has 3 aromatic carbocycles. The first kappa shape index (κ1) is 18.8. The fourth-order valence-corrected chi connectivity index (χ4v) is 4.14. The van der Waals surface area contributed by atoms with E-state index in [-0.39, 0.29) is 12.3 Å². The molecule has 2 aliphatic heterocycles. The zero-order chi connectivity index (χ0) is 20.7. The van der Waals surface area contributed by atoms with E-state index in [0.29, 0.717) is 5.92 Å². The van der Waals surface area contributed by atoms with Crippen molar-refractivity contribution < 1.29 is 9.47 Å². The van der Waals surface area contributed by atoms with E-state index in [4.69, 9.17) is 9.47 Å². The summed E-state index contributed by atoms with van der Waals surface area (Å²) in [6.07, 6.45) is 2.07. The minimum Gasteiger partial charge on any atom is -0.497 e. The second-order valence-electron chi connectivity index (χ2n) is 8.10. The highest BCUT2D eigenvalue weighted by Crippen LogP contribution is 2.45. The summed E-state index contributed by atoms with van der Waals surface area (Å²) in [5, 5.41) is 2.20. The molecule has 0 saturated heterocycles. The maximum atomic E-state index is 6.46. The van der Waals surface area contributed by atoms with Gasteiger partial charge in [0.2, 0.25) is 0 Å². The molecule has 0 aliphatic carbocycles. The van der Waals surface area contributed by atoms with Crippen LogP contribution in [0.5, 0.6) is 11.5 Å². The van der Waals surface area contributed by atoms with Crippen LogP contribution in [0.2, 0.25) is 0 Å². The van der Waals surface area contributed by atoms with Crippen LogP contribution >= 0.6 is 0 Å². The Balaban J connectivity index is 1.52. The SMILES string of the molecule is COc1ccc(C2=C[C@H]3c4ccccc4O[C@H](c4ccc(C(C)C)cc4)N3N2)cc1. The molecule has 0 bridgehead atoms. The number of rotatable bonds is 4. The van der Waals surface area contributed by atoms with Crippen molar-refractivity contribution in [2.45, 2.75) is 32.0 Å². The smallest absolute Gasteiger partial charge is 0.195 e. The summed E-state index contributed by atoms with van der Waals surface area (Å²) in [5.74, 6) is 2.30. The lowest BCUT2D eigenvalue weighted by atomic mass is 9.99. The van der Waals surface area contributed by atoms with Gasteiger partial charge in [0.1, 0.15) is 11.5 Å². The molecule has 4 nitrogen and oxygen atoms in total. The minimum atomic E-state index is -0.210. The highest BCUT2D eigenvalue weighted by atomic mass is 16.5. The molecule has 2 heterocycles. The molecular formula is C26H26N2O2. The second-order valence-corrected chi connectivity index (χ2v) is 8.10.